The molecule has 3 aromatic rings. The average molecular weight is 366 g/mol. The van der Waals surface area contributed by atoms with E-state index in [1.807, 2.05) is 44.2 Å². The number of carbonyl (C=O) groups is 2. The van der Waals surface area contributed by atoms with Crippen LogP contribution in [0.3, 0.4) is 0 Å². The molecule has 0 aliphatic carbocycles. The van der Waals surface area contributed by atoms with Gasteiger partial charge in [-0.25, -0.2) is 14.5 Å². The Bertz CT molecular complexity index is 964. The summed E-state index contributed by atoms with van der Waals surface area (Å²) in [5, 5.41) is 7.57. The van der Waals surface area contributed by atoms with E-state index in [-0.39, 0.29) is 18.6 Å². The van der Waals surface area contributed by atoms with E-state index in [4.69, 9.17) is 9.72 Å². The number of aromatic nitrogens is 3. The molecule has 2 heterocycles. The molecular formula is C20H22N4O3. The summed E-state index contributed by atoms with van der Waals surface area (Å²) in [6.45, 7) is 5.95. The molecule has 7 nitrogen and oxygen atoms in total. The fourth-order valence-corrected chi connectivity index (χ4v) is 2.78. The number of esters is 1. The van der Waals surface area contributed by atoms with Crippen LogP contribution >= 0.6 is 0 Å². The third kappa shape index (κ3) is 3.97. The number of ether oxygens (including phenoxy) is 1. The van der Waals surface area contributed by atoms with Gasteiger partial charge in [0, 0.05) is 18.2 Å². The quantitative estimate of drug-likeness (QED) is 0.678. The number of likely N-dealkylation sites (N-methyl/N-ethyl adjacent to an activating group) is 1. The molecule has 0 saturated carbocycles. The normalized spacial score (nSPS) is 11.0. The van der Waals surface area contributed by atoms with Gasteiger partial charge in [-0.05, 0) is 26.8 Å². The van der Waals surface area contributed by atoms with Gasteiger partial charge in [-0.3, -0.25) is 4.79 Å². The fourth-order valence-electron chi connectivity index (χ4n) is 2.78. The van der Waals surface area contributed by atoms with Gasteiger partial charge in [0.05, 0.1) is 22.8 Å². The highest BCUT2D eigenvalue weighted by atomic mass is 16.5. The van der Waals surface area contributed by atoms with Gasteiger partial charge in [0.15, 0.2) is 12.3 Å². The Morgan fingerprint density at radius 2 is 1.96 bits per heavy atom. The van der Waals surface area contributed by atoms with E-state index in [0.717, 1.165) is 5.56 Å². The molecular weight excluding hydrogens is 344 g/mol. The first kappa shape index (κ1) is 18.6. The SMILES string of the molecule is CCNC(=O)COC(=O)c1cc(-c2ccccc2)nc2c1cnn2C(C)C. The van der Waals surface area contributed by atoms with Gasteiger partial charge < -0.3 is 10.1 Å². The lowest BCUT2D eigenvalue weighted by Crippen LogP contribution is -2.28. The van der Waals surface area contributed by atoms with Crippen molar-refractivity contribution in [3.8, 4) is 11.3 Å². The number of pyridine rings is 1. The molecule has 2 aromatic heterocycles. The van der Waals surface area contributed by atoms with Crippen molar-refractivity contribution < 1.29 is 14.3 Å². The van der Waals surface area contributed by atoms with Gasteiger partial charge in [-0.1, -0.05) is 30.3 Å². The van der Waals surface area contributed by atoms with Gasteiger partial charge in [0.1, 0.15) is 0 Å². The lowest BCUT2D eigenvalue weighted by Gasteiger charge is -2.10. The number of fused-ring (bicyclic) bond motifs is 1. The van der Waals surface area contributed by atoms with Gasteiger partial charge in [-0.2, -0.15) is 5.10 Å². The fraction of sp³-hybridized carbons (Fsp3) is 0.300. The smallest absolute Gasteiger partial charge is 0.339 e. The molecule has 0 bridgehead atoms. The summed E-state index contributed by atoms with van der Waals surface area (Å²) >= 11 is 0. The van der Waals surface area contributed by atoms with E-state index >= 15 is 0 Å². The zero-order valence-electron chi connectivity index (χ0n) is 15.6. The molecule has 0 fully saturated rings. The minimum Gasteiger partial charge on any atom is -0.452 e. The number of carbonyl (C=O) groups excluding carboxylic acids is 2. The summed E-state index contributed by atoms with van der Waals surface area (Å²) in [5.41, 5.74) is 2.48. The van der Waals surface area contributed by atoms with Crippen molar-refractivity contribution in [1.82, 2.24) is 20.1 Å². The Kier molecular flexibility index (Phi) is 5.49. The Labute approximate surface area is 157 Å². The molecule has 3 rings (SSSR count). The summed E-state index contributed by atoms with van der Waals surface area (Å²) in [5.74, 6) is -0.911. The third-order valence-electron chi connectivity index (χ3n) is 4.05. The van der Waals surface area contributed by atoms with E-state index in [0.29, 0.717) is 28.8 Å². The highest BCUT2D eigenvalue weighted by molar-refractivity contribution is 6.04. The molecule has 27 heavy (non-hydrogen) atoms. The van der Waals surface area contributed by atoms with Crippen LogP contribution in [0.2, 0.25) is 0 Å². The van der Waals surface area contributed by atoms with Crippen LogP contribution in [0, 0.1) is 0 Å². The summed E-state index contributed by atoms with van der Waals surface area (Å²) in [6.07, 6.45) is 1.61. The van der Waals surface area contributed by atoms with Crippen LogP contribution in [-0.2, 0) is 9.53 Å². The molecule has 0 aliphatic rings. The maximum Gasteiger partial charge on any atom is 0.339 e. The van der Waals surface area contributed by atoms with Crippen LogP contribution in [0.4, 0.5) is 0 Å². The number of amides is 1. The van der Waals surface area contributed by atoms with Gasteiger partial charge in [0.2, 0.25) is 0 Å². The average Bonchev–Trinajstić information content (AvgIpc) is 3.10. The van der Waals surface area contributed by atoms with E-state index in [1.165, 1.54) is 0 Å². The molecule has 0 spiro atoms. The van der Waals surface area contributed by atoms with Crippen LogP contribution < -0.4 is 5.32 Å². The predicted octanol–water partition coefficient (Wildman–Crippen LogP) is 2.97. The first-order chi connectivity index (χ1) is 13.0. The largest absolute Gasteiger partial charge is 0.452 e. The van der Waals surface area contributed by atoms with E-state index in [9.17, 15) is 9.59 Å². The maximum atomic E-state index is 12.7. The molecule has 1 aromatic carbocycles. The highest BCUT2D eigenvalue weighted by Crippen LogP contribution is 2.26. The Morgan fingerprint density at radius 1 is 1.22 bits per heavy atom. The van der Waals surface area contributed by atoms with E-state index in [2.05, 4.69) is 10.4 Å². The second kappa shape index (κ2) is 7.99. The molecule has 0 atom stereocenters. The zero-order valence-corrected chi connectivity index (χ0v) is 15.6. The van der Waals surface area contributed by atoms with Gasteiger partial charge in [-0.15, -0.1) is 0 Å². The van der Waals surface area contributed by atoms with Crippen molar-refractivity contribution in [2.24, 2.45) is 0 Å². The van der Waals surface area contributed by atoms with Crippen LogP contribution in [0.15, 0.2) is 42.6 Å². The van der Waals surface area contributed by atoms with Crippen molar-refractivity contribution in [1.29, 1.82) is 0 Å². The lowest BCUT2D eigenvalue weighted by molar-refractivity contribution is -0.124. The van der Waals surface area contributed by atoms with Gasteiger partial charge >= 0.3 is 5.97 Å². The number of benzene rings is 1. The lowest BCUT2D eigenvalue weighted by atomic mass is 10.1. The second-order valence-electron chi connectivity index (χ2n) is 6.37. The van der Waals surface area contributed by atoms with Crippen molar-refractivity contribution in [2.75, 3.05) is 13.2 Å². The summed E-state index contributed by atoms with van der Waals surface area (Å²) < 4.78 is 6.96. The number of hydrogen-bond acceptors (Lipinski definition) is 5. The number of nitrogens with one attached hydrogen (secondary N) is 1. The monoisotopic (exact) mass is 366 g/mol. The summed E-state index contributed by atoms with van der Waals surface area (Å²) in [7, 11) is 0. The van der Waals surface area contributed by atoms with Crippen LogP contribution in [-0.4, -0.2) is 39.8 Å². The summed E-state index contributed by atoms with van der Waals surface area (Å²) in [6, 6.07) is 11.4. The van der Waals surface area contributed by atoms with E-state index < -0.39 is 5.97 Å². The second-order valence-corrected chi connectivity index (χ2v) is 6.37. The van der Waals surface area contributed by atoms with Crippen molar-refractivity contribution >= 4 is 22.9 Å². The standard InChI is InChI=1S/C20H22N4O3/c1-4-21-18(25)12-27-20(26)15-10-17(14-8-6-5-7-9-14)23-19-16(15)11-22-24(19)13(2)3/h5-11,13H,4,12H2,1-3H3,(H,21,25). The zero-order chi connectivity index (χ0) is 19.4. The van der Waals surface area contributed by atoms with Crippen molar-refractivity contribution in [2.45, 2.75) is 26.8 Å². The highest BCUT2D eigenvalue weighted by Gasteiger charge is 2.20. The maximum absolute atomic E-state index is 12.7. The molecule has 140 valence electrons. The minimum atomic E-state index is -0.575. The number of rotatable bonds is 6. The van der Waals surface area contributed by atoms with Crippen LogP contribution in [0.5, 0.6) is 0 Å². The third-order valence-corrected chi connectivity index (χ3v) is 4.05. The minimum absolute atomic E-state index is 0.0835. The van der Waals surface area contributed by atoms with Crippen LogP contribution in [0.25, 0.3) is 22.3 Å². The van der Waals surface area contributed by atoms with Crippen molar-refractivity contribution in [3.63, 3.8) is 0 Å². The number of nitrogens with zero attached hydrogens (tertiary/aromatic N) is 3. The summed E-state index contributed by atoms with van der Waals surface area (Å²) in [4.78, 5) is 29.0. The Hall–Kier alpha value is -3.22. The molecule has 0 radical (unpaired) electrons. The first-order valence-electron chi connectivity index (χ1n) is 8.88. The molecule has 0 unspecified atom stereocenters. The number of hydrogen-bond donors (Lipinski definition) is 1. The van der Waals surface area contributed by atoms with Gasteiger partial charge in [0.25, 0.3) is 5.91 Å². The Balaban J connectivity index is 2.05. The van der Waals surface area contributed by atoms with E-state index in [1.54, 1.807) is 23.9 Å². The molecule has 7 heteroatoms. The Morgan fingerprint density at radius 3 is 2.63 bits per heavy atom. The molecule has 1 N–H and O–H groups in total. The van der Waals surface area contributed by atoms with Crippen molar-refractivity contribution in [3.05, 3.63) is 48.2 Å². The van der Waals surface area contributed by atoms with Crippen LogP contribution in [0.1, 0.15) is 37.2 Å². The molecule has 0 saturated heterocycles. The molecule has 1 amide bonds. The predicted molar refractivity (Wildman–Crippen MR) is 102 cm³/mol. The molecule has 0 aliphatic heterocycles. The topological polar surface area (TPSA) is 86.1 Å². The first-order valence-corrected chi connectivity index (χ1v) is 8.88.